The normalized spacial score (nSPS) is 12.5. The summed E-state index contributed by atoms with van der Waals surface area (Å²) in [5.74, 6) is 0. The number of hydrogen-bond donors (Lipinski definition) is 0. The van der Waals surface area contributed by atoms with E-state index in [2.05, 4.69) is 22.3 Å². The molecule has 0 amide bonds. The molecule has 1 heterocycles. The number of oxime groups is 1. The summed E-state index contributed by atoms with van der Waals surface area (Å²) in [6, 6.07) is 20.1. The van der Waals surface area contributed by atoms with Crippen LogP contribution in [0, 0.1) is 0 Å². The molecule has 0 aliphatic heterocycles. The third-order valence-corrected chi connectivity index (χ3v) is 4.03. The van der Waals surface area contributed by atoms with Crippen molar-refractivity contribution in [1.29, 1.82) is 0 Å². The van der Waals surface area contributed by atoms with E-state index < -0.39 is 0 Å². The van der Waals surface area contributed by atoms with E-state index in [1.807, 2.05) is 59.3 Å². The van der Waals surface area contributed by atoms with Crippen LogP contribution < -0.4 is 0 Å². The van der Waals surface area contributed by atoms with Gasteiger partial charge in [0.1, 0.15) is 18.6 Å². The Morgan fingerprint density at radius 3 is 2.50 bits per heavy atom. The maximum absolute atomic E-state index is 10.5. The number of carbonyl (C=O) groups is 1. The quantitative estimate of drug-likeness (QED) is 0.257. The van der Waals surface area contributed by atoms with E-state index in [1.165, 1.54) is 5.56 Å². The number of rotatable bonds is 9. The molecule has 0 bridgehead atoms. The highest BCUT2D eigenvalue weighted by Gasteiger charge is 2.21. The number of aldehydes is 1. The second-order valence-corrected chi connectivity index (χ2v) is 5.85. The van der Waals surface area contributed by atoms with Crippen LogP contribution in [-0.2, 0) is 16.1 Å². The van der Waals surface area contributed by atoms with E-state index in [0.717, 1.165) is 24.0 Å². The fourth-order valence-corrected chi connectivity index (χ4v) is 2.77. The number of nitrogens with zero attached hydrogens (tertiary/aromatic N) is 3. The van der Waals surface area contributed by atoms with Crippen LogP contribution in [0.2, 0.25) is 0 Å². The van der Waals surface area contributed by atoms with Crippen molar-refractivity contribution in [2.45, 2.75) is 18.9 Å². The summed E-state index contributed by atoms with van der Waals surface area (Å²) in [7, 11) is 0. The van der Waals surface area contributed by atoms with E-state index in [1.54, 1.807) is 12.5 Å². The monoisotopic (exact) mass is 347 g/mol. The Hall–Kier alpha value is -3.21. The summed E-state index contributed by atoms with van der Waals surface area (Å²) >= 11 is 0. The molecule has 1 unspecified atom stereocenters. The van der Waals surface area contributed by atoms with Crippen LogP contribution in [0.1, 0.15) is 23.6 Å². The number of hydrogen-bond acceptors (Lipinski definition) is 4. The van der Waals surface area contributed by atoms with Crippen LogP contribution >= 0.6 is 0 Å². The summed E-state index contributed by atoms with van der Waals surface area (Å²) in [6.45, 7) is 0.266. The standard InChI is InChI=1S/C21H21N3O2/c25-14-7-15-26-23-21(19-10-5-2-6-11-19)20(24-13-12-22-17-24)16-18-8-3-1-4-9-18/h1-6,8-14,17,20H,7,15-16H2/b23-21+. The third kappa shape index (κ3) is 4.66. The van der Waals surface area contributed by atoms with Crippen LogP contribution in [0.25, 0.3) is 0 Å². The summed E-state index contributed by atoms with van der Waals surface area (Å²) in [5.41, 5.74) is 2.98. The molecule has 132 valence electrons. The van der Waals surface area contributed by atoms with Crippen molar-refractivity contribution in [2.24, 2.45) is 5.16 Å². The Labute approximate surface area is 152 Å². The molecule has 3 rings (SSSR count). The molecular formula is C21H21N3O2. The average Bonchev–Trinajstić information content (AvgIpc) is 3.23. The van der Waals surface area contributed by atoms with Gasteiger partial charge < -0.3 is 14.2 Å². The fourth-order valence-electron chi connectivity index (χ4n) is 2.77. The van der Waals surface area contributed by atoms with Crippen molar-refractivity contribution in [3.05, 3.63) is 90.5 Å². The fraction of sp³-hybridized carbons (Fsp3) is 0.190. The molecule has 5 nitrogen and oxygen atoms in total. The molecule has 0 spiro atoms. The van der Waals surface area contributed by atoms with Crippen molar-refractivity contribution in [3.8, 4) is 0 Å². The summed E-state index contributed by atoms with van der Waals surface area (Å²) < 4.78 is 2.03. The minimum Gasteiger partial charge on any atom is -0.395 e. The molecule has 26 heavy (non-hydrogen) atoms. The van der Waals surface area contributed by atoms with Crippen LogP contribution in [0.15, 0.2) is 84.5 Å². The first kappa shape index (κ1) is 17.6. The smallest absolute Gasteiger partial charge is 0.123 e. The Balaban J connectivity index is 1.96. The molecular weight excluding hydrogens is 326 g/mol. The highest BCUT2D eigenvalue weighted by molar-refractivity contribution is 6.03. The highest BCUT2D eigenvalue weighted by atomic mass is 16.6. The van der Waals surface area contributed by atoms with Crippen molar-refractivity contribution in [1.82, 2.24) is 9.55 Å². The Kier molecular flexibility index (Phi) is 6.31. The Bertz CT molecular complexity index is 815. The molecule has 2 aromatic carbocycles. The Morgan fingerprint density at radius 1 is 1.12 bits per heavy atom. The largest absolute Gasteiger partial charge is 0.395 e. The van der Waals surface area contributed by atoms with E-state index >= 15 is 0 Å². The molecule has 3 aromatic rings. The zero-order valence-electron chi connectivity index (χ0n) is 14.4. The van der Waals surface area contributed by atoms with Gasteiger partial charge in [-0.3, -0.25) is 0 Å². The van der Waals surface area contributed by atoms with Crippen LogP contribution in [0.3, 0.4) is 0 Å². The van der Waals surface area contributed by atoms with Gasteiger partial charge in [-0.25, -0.2) is 4.98 Å². The van der Waals surface area contributed by atoms with Crippen molar-refractivity contribution >= 4 is 12.0 Å². The predicted octanol–water partition coefficient (Wildman–Crippen LogP) is 3.68. The third-order valence-electron chi connectivity index (χ3n) is 4.03. The molecule has 0 aliphatic rings. The van der Waals surface area contributed by atoms with Gasteiger partial charge in [0.2, 0.25) is 0 Å². The second-order valence-electron chi connectivity index (χ2n) is 5.85. The number of imidazole rings is 1. The molecule has 0 aliphatic carbocycles. The summed E-state index contributed by atoms with van der Waals surface area (Å²) in [4.78, 5) is 20.2. The lowest BCUT2D eigenvalue weighted by molar-refractivity contribution is -0.108. The maximum atomic E-state index is 10.5. The lowest BCUT2D eigenvalue weighted by atomic mass is 9.96. The highest BCUT2D eigenvalue weighted by Crippen LogP contribution is 2.21. The topological polar surface area (TPSA) is 56.5 Å². The predicted molar refractivity (Wildman–Crippen MR) is 101 cm³/mol. The van der Waals surface area contributed by atoms with Crippen LogP contribution in [-0.4, -0.2) is 28.2 Å². The minimum atomic E-state index is -0.0708. The Morgan fingerprint density at radius 2 is 1.85 bits per heavy atom. The molecule has 0 radical (unpaired) electrons. The van der Waals surface area contributed by atoms with Gasteiger partial charge in [0, 0.05) is 24.4 Å². The lowest BCUT2D eigenvalue weighted by Gasteiger charge is -2.21. The molecule has 1 atom stereocenters. The van der Waals surface area contributed by atoms with Crippen LogP contribution in [0.4, 0.5) is 0 Å². The van der Waals surface area contributed by atoms with Gasteiger partial charge in [0.15, 0.2) is 0 Å². The van der Waals surface area contributed by atoms with Crippen LogP contribution in [0.5, 0.6) is 0 Å². The molecule has 0 saturated heterocycles. The minimum absolute atomic E-state index is 0.0708. The first-order valence-corrected chi connectivity index (χ1v) is 8.58. The summed E-state index contributed by atoms with van der Waals surface area (Å²) in [5, 5.41) is 4.39. The van der Waals surface area contributed by atoms with Gasteiger partial charge in [-0.2, -0.15) is 0 Å². The zero-order chi connectivity index (χ0) is 18.0. The molecule has 0 fully saturated rings. The second kappa shape index (κ2) is 9.32. The van der Waals surface area contributed by atoms with Gasteiger partial charge in [-0.15, -0.1) is 0 Å². The van der Waals surface area contributed by atoms with Crippen molar-refractivity contribution in [2.75, 3.05) is 6.61 Å². The summed E-state index contributed by atoms with van der Waals surface area (Å²) in [6.07, 6.45) is 7.37. The molecule has 0 saturated carbocycles. The first-order chi connectivity index (χ1) is 12.9. The number of carbonyl (C=O) groups excluding carboxylic acids is 1. The first-order valence-electron chi connectivity index (χ1n) is 8.58. The molecule has 0 N–H and O–H groups in total. The van der Waals surface area contributed by atoms with Crippen molar-refractivity contribution in [3.63, 3.8) is 0 Å². The van der Waals surface area contributed by atoms with E-state index in [0.29, 0.717) is 6.42 Å². The van der Waals surface area contributed by atoms with Gasteiger partial charge in [0.25, 0.3) is 0 Å². The van der Waals surface area contributed by atoms with Crippen molar-refractivity contribution < 1.29 is 9.63 Å². The number of aromatic nitrogens is 2. The van der Waals surface area contributed by atoms with Gasteiger partial charge in [0.05, 0.1) is 12.4 Å². The van der Waals surface area contributed by atoms with Gasteiger partial charge >= 0.3 is 0 Å². The zero-order valence-corrected chi connectivity index (χ0v) is 14.4. The molecule has 5 heteroatoms. The van der Waals surface area contributed by atoms with Gasteiger partial charge in [-0.1, -0.05) is 65.8 Å². The molecule has 1 aromatic heterocycles. The average molecular weight is 347 g/mol. The van der Waals surface area contributed by atoms with E-state index in [-0.39, 0.29) is 12.6 Å². The SMILES string of the molecule is O=CCCO/N=C(\c1ccccc1)C(Cc1ccccc1)n1ccnc1. The van der Waals surface area contributed by atoms with Gasteiger partial charge in [-0.05, 0) is 12.0 Å². The van der Waals surface area contributed by atoms with E-state index in [4.69, 9.17) is 4.84 Å². The number of benzene rings is 2. The maximum Gasteiger partial charge on any atom is 0.123 e. The lowest BCUT2D eigenvalue weighted by Crippen LogP contribution is -2.22. The van der Waals surface area contributed by atoms with E-state index in [9.17, 15) is 4.79 Å².